The number of fused-ring (bicyclic) bond motifs is 3. The van der Waals surface area contributed by atoms with E-state index < -0.39 is 6.09 Å². The van der Waals surface area contributed by atoms with Gasteiger partial charge >= 0.3 is 6.09 Å². The maximum atomic E-state index is 12.3. The SMILES string of the molecule is C=CCOCCOCCOCCOCCOCCOCCOCCOCCOCCOCCCNC(=O)OCC1c2ccccc2-c2ccccc21. The van der Waals surface area contributed by atoms with Crippen molar-refractivity contribution < 1.29 is 56.9 Å². The van der Waals surface area contributed by atoms with E-state index in [-0.39, 0.29) is 5.92 Å². The Balaban J connectivity index is 0.959. The topological polar surface area (TPSA) is 131 Å². The molecule has 1 aliphatic carbocycles. The summed E-state index contributed by atoms with van der Waals surface area (Å²) < 4.78 is 60.1. The van der Waals surface area contributed by atoms with E-state index in [0.717, 1.165) is 0 Å². The summed E-state index contributed by atoms with van der Waals surface area (Å²) in [4.78, 5) is 12.3. The van der Waals surface area contributed by atoms with Crippen LogP contribution in [-0.4, -0.2) is 151 Å². The molecule has 0 atom stereocenters. The smallest absolute Gasteiger partial charge is 0.407 e. The molecule has 0 aliphatic heterocycles. The molecule has 0 heterocycles. The molecular formula is C39H59NO12. The van der Waals surface area contributed by atoms with Crippen molar-refractivity contribution in [1.82, 2.24) is 5.32 Å². The van der Waals surface area contributed by atoms with Gasteiger partial charge in [0.1, 0.15) is 6.61 Å². The second-order valence-corrected chi connectivity index (χ2v) is 11.5. The summed E-state index contributed by atoms with van der Waals surface area (Å²) in [6.07, 6.45) is 1.98. The number of carbonyl (C=O) groups excluding carboxylic acids is 1. The summed E-state index contributed by atoms with van der Waals surface area (Å²) in [5.74, 6) is 0.0505. The van der Waals surface area contributed by atoms with Gasteiger partial charge in [0.2, 0.25) is 0 Å². The average Bonchev–Trinajstić information content (AvgIpc) is 3.49. The molecule has 0 saturated carbocycles. The Morgan fingerprint density at radius 2 is 0.865 bits per heavy atom. The fourth-order valence-corrected chi connectivity index (χ4v) is 5.16. The van der Waals surface area contributed by atoms with Crippen LogP contribution in [0.4, 0.5) is 4.79 Å². The van der Waals surface area contributed by atoms with E-state index in [1.54, 1.807) is 6.08 Å². The van der Waals surface area contributed by atoms with Crippen LogP contribution in [0.5, 0.6) is 0 Å². The van der Waals surface area contributed by atoms with Gasteiger partial charge < -0.3 is 57.4 Å². The molecule has 13 nitrogen and oxygen atoms in total. The van der Waals surface area contributed by atoms with Crippen molar-refractivity contribution in [2.45, 2.75) is 12.3 Å². The van der Waals surface area contributed by atoms with Crippen LogP contribution in [-0.2, 0) is 52.1 Å². The molecule has 0 radical (unpaired) electrons. The van der Waals surface area contributed by atoms with Crippen molar-refractivity contribution in [3.63, 3.8) is 0 Å². The van der Waals surface area contributed by atoms with Crippen LogP contribution in [0, 0.1) is 0 Å². The first-order valence-corrected chi connectivity index (χ1v) is 18.3. The normalized spacial score (nSPS) is 12.2. The van der Waals surface area contributed by atoms with E-state index in [1.165, 1.54) is 22.3 Å². The van der Waals surface area contributed by atoms with Gasteiger partial charge in [-0.05, 0) is 28.7 Å². The molecule has 0 fully saturated rings. The average molecular weight is 734 g/mol. The molecule has 0 unspecified atom stereocenters. The van der Waals surface area contributed by atoms with Crippen molar-refractivity contribution in [2.75, 3.05) is 145 Å². The molecular weight excluding hydrogens is 674 g/mol. The third-order valence-electron chi connectivity index (χ3n) is 7.66. The number of carbonyl (C=O) groups is 1. The van der Waals surface area contributed by atoms with Crippen LogP contribution < -0.4 is 5.32 Å². The zero-order valence-corrected chi connectivity index (χ0v) is 30.6. The van der Waals surface area contributed by atoms with Crippen LogP contribution in [0.2, 0.25) is 0 Å². The third-order valence-corrected chi connectivity index (χ3v) is 7.66. The maximum Gasteiger partial charge on any atom is 0.407 e. The molecule has 0 bridgehead atoms. The lowest BCUT2D eigenvalue weighted by Crippen LogP contribution is -2.27. The molecule has 1 amide bonds. The Kier molecular flexibility index (Phi) is 25.5. The lowest BCUT2D eigenvalue weighted by atomic mass is 9.98. The summed E-state index contributed by atoms with van der Waals surface area (Å²) in [5.41, 5.74) is 4.81. The molecule has 1 N–H and O–H groups in total. The van der Waals surface area contributed by atoms with E-state index in [2.05, 4.69) is 36.2 Å². The predicted molar refractivity (Wildman–Crippen MR) is 196 cm³/mol. The van der Waals surface area contributed by atoms with Gasteiger partial charge in [-0.15, -0.1) is 6.58 Å². The van der Waals surface area contributed by atoms with E-state index >= 15 is 0 Å². The summed E-state index contributed by atoms with van der Waals surface area (Å²) in [5, 5.41) is 2.80. The summed E-state index contributed by atoms with van der Waals surface area (Å²) in [6, 6.07) is 16.6. The monoisotopic (exact) mass is 733 g/mol. The van der Waals surface area contributed by atoms with Gasteiger partial charge in [-0.25, -0.2) is 4.79 Å². The highest BCUT2D eigenvalue weighted by Crippen LogP contribution is 2.44. The highest BCUT2D eigenvalue weighted by Gasteiger charge is 2.28. The van der Waals surface area contributed by atoms with E-state index in [4.69, 9.17) is 52.1 Å². The largest absolute Gasteiger partial charge is 0.449 e. The van der Waals surface area contributed by atoms with Gasteiger partial charge in [0.25, 0.3) is 0 Å². The lowest BCUT2D eigenvalue weighted by molar-refractivity contribution is -0.0261. The number of hydrogen-bond acceptors (Lipinski definition) is 12. The van der Waals surface area contributed by atoms with E-state index in [1.807, 2.05) is 24.3 Å². The highest BCUT2D eigenvalue weighted by atomic mass is 16.6. The standard InChI is InChI=1S/C39H59NO12/c1-2-13-42-15-17-44-19-21-46-23-25-48-27-29-50-31-32-51-30-28-49-26-24-47-22-20-45-18-16-43-14-7-12-40-39(41)52-33-38-36-10-5-3-8-34(36)35-9-4-6-11-37(35)38/h2-6,8-11,38H,1,7,12-33H2,(H,40,41). The third kappa shape index (κ3) is 19.8. The molecule has 3 rings (SSSR count). The number of amides is 1. The Bertz CT molecular complexity index is 1140. The molecule has 52 heavy (non-hydrogen) atoms. The summed E-state index contributed by atoms with van der Waals surface area (Å²) >= 11 is 0. The maximum absolute atomic E-state index is 12.3. The van der Waals surface area contributed by atoms with Crippen molar-refractivity contribution in [3.8, 4) is 11.1 Å². The van der Waals surface area contributed by atoms with Gasteiger partial charge in [-0.3, -0.25) is 0 Å². The molecule has 2 aromatic carbocycles. The van der Waals surface area contributed by atoms with Crippen LogP contribution in [0.15, 0.2) is 61.2 Å². The number of rotatable bonds is 35. The molecule has 13 heteroatoms. The highest BCUT2D eigenvalue weighted by molar-refractivity contribution is 5.79. The Morgan fingerprint density at radius 1 is 0.519 bits per heavy atom. The second-order valence-electron chi connectivity index (χ2n) is 11.5. The minimum absolute atomic E-state index is 0.0505. The fourth-order valence-electron chi connectivity index (χ4n) is 5.16. The zero-order valence-electron chi connectivity index (χ0n) is 30.6. The van der Waals surface area contributed by atoms with Crippen LogP contribution in [0.25, 0.3) is 11.1 Å². The minimum atomic E-state index is -0.414. The minimum Gasteiger partial charge on any atom is -0.449 e. The van der Waals surface area contributed by atoms with E-state index in [0.29, 0.717) is 152 Å². The molecule has 1 aliphatic rings. The number of nitrogens with one attached hydrogen (secondary N) is 1. The number of hydrogen-bond donors (Lipinski definition) is 1. The first kappa shape index (κ1) is 43.5. The number of benzene rings is 2. The molecule has 0 aromatic heterocycles. The van der Waals surface area contributed by atoms with Crippen molar-refractivity contribution in [1.29, 1.82) is 0 Å². The molecule has 292 valence electrons. The lowest BCUT2D eigenvalue weighted by Gasteiger charge is -2.14. The van der Waals surface area contributed by atoms with Crippen LogP contribution in [0.1, 0.15) is 23.5 Å². The second kappa shape index (κ2) is 30.5. The van der Waals surface area contributed by atoms with Crippen LogP contribution in [0.3, 0.4) is 0 Å². The Labute approximate surface area is 309 Å². The van der Waals surface area contributed by atoms with Gasteiger partial charge in [0.05, 0.1) is 126 Å². The Hall–Kier alpha value is -2.95. The zero-order chi connectivity index (χ0) is 36.6. The number of ether oxygens (including phenoxy) is 11. The van der Waals surface area contributed by atoms with E-state index in [9.17, 15) is 4.79 Å². The van der Waals surface area contributed by atoms with Gasteiger partial charge in [0.15, 0.2) is 0 Å². The fraction of sp³-hybridized carbons (Fsp3) is 0.615. The van der Waals surface area contributed by atoms with Gasteiger partial charge in [-0.1, -0.05) is 54.6 Å². The number of alkyl carbamates (subject to hydrolysis) is 1. The molecule has 0 saturated heterocycles. The summed E-state index contributed by atoms with van der Waals surface area (Å²) in [6.45, 7) is 14.6. The quantitative estimate of drug-likeness (QED) is 0.0803. The molecule has 0 spiro atoms. The van der Waals surface area contributed by atoms with Gasteiger partial charge in [-0.2, -0.15) is 0 Å². The first-order valence-electron chi connectivity index (χ1n) is 18.3. The van der Waals surface area contributed by atoms with Crippen molar-refractivity contribution >= 4 is 6.09 Å². The predicted octanol–water partition coefficient (Wildman–Crippen LogP) is 4.27. The van der Waals surface area contributed by atoms with Crippen LogP contribution >= 0.6 is 0 Å². The first-order chi connectivity index (χ1) is 25.8. The molecule has 2 aromatic rings. The van der Waals surface area contributed by atoms with Gasteiger partial charge in [0, 0.05) is 19.1 Å². The summed E-state index contributed by atoms with van der Waals surface area (Å²) in [7, 11) is 0. The van der Waals surface area contributed by atoms with Crippen molar-refractivity contribution in [2.24, 2.45) is 0 Å². The Morgan fingerprint density at radius 3 is 1.25 bits per heavy atom. The van der Waals surface area contributed by atoms with Crippen molar-refractivity contribution in [3.05, 3.63) is 72.3 Å².